The number of aryl methyl sites for hydroxylation is 1. The topological polar surface area (TPSA) is 121 Å². The monoisotopic (exact) mass is 524 g/mol. The van der Waals surface area contributed by atoms with Crippen LogP contribution in [0.3, 0.4) is 0 Å². The highest BCUT2D eigenvalue weighted by molar-refractivity contribution is 7.21. The summed E-state index contributed by atoms with van der Waals surface area (Å²) >= 11 is 1.25. The Morgan fingerprint density at radius 3 is 2.70 bits per heavy atom. The Kier molecular flexibility index (Phi) is 6.68. The van der Waals surface area contributed by atoms with E-state index in [1.54, 1.807) is 0 Å². The second-order valence-corrected chi connectivity index (χ2v) is 8.69. The van der Waals surface area contributed by atoms with E-state index in [0.717, 1.165) is 23.4 Å². The van der Waals surface area contributed by atoms with Crippen molar-refractivity contribution in [3.05, 3.63) is 60.1 Å². The molecule has 0 unspecified atom stereocenters. The number of aromatic nitrogens is 5. The molecule has 1 N–H and O–H groups in total. The van der Waals surface area contributed by atoms with Crippen LogP contribution in [0.2, 0.25) is 0 Å². The van der Waals surface area contributed by atoms with E-state index in [-0.39, 0.29) is 24.8 Å². The molecule has 0 aliphatic rings. The molecule has 37 heavy (non-hydrogen) atoms. The van der Waals surface area contributed by atoms with Crippen LogP contribution < -0.4 is 14.8 Å². The number of halogens is 2. The molecule has 5 rings (SSSR count). The molecule has 188 valence electrons. The highest BCUT2D eigenvalue weighted by Gasteiger charge is 2.17. The van der Waals surface area contributed by atoms with Gasteiger partial charge in [0.05, 0.1) is 42.4 Å². The third kappa shape index (κ3) is 5.35. The molecule has 0 spiro atoms. The van der Waals surface area contributed by atoms with E-state index >= 15 is 0 Å². The summed E-state index contributed by atoms with van der Waals surface area (Å²) in [6.07, 6.45) is 2.96. The third-order valence-corrected chi connectivity index (χ3v) is 6.02. The minimum absolute atomic E-state index is 0.136. The zero-order chi connectivity index (χ0) is 25.9. The number of methoxy groups -OCH3 is 1. The highest BCUT2D eigenvalue weighted by Crippen LogP contribution is 2.35. The van der Waals surface area contributed by atoms with Crippen LogP contribution in [0.15, 0.2) is 42.9 Å². The number of fused-ring (bicyclic) bond motifs is 2. The van der Waals surface area contributed by atoms with Crippen LogP contribution in [-0.2, 0) is 4.74 Å². The van der Waals surface area contributed by atoms with E-state index in [1.807, 2.05) is 19.1 Å². The minimum Gasteiger partial charge on any atom is -0.480 e. The van der Waals surface area contributed by atoms with Crippen LogP contribution >= 0.6 is 11.3 Å². The van der Waals surface area contributed by atoms with Gasteiger partial charge in [-0.05, 0) is 24.6 Å². The van der Waals surface area contributed by atoms with Crippen molar-refractivity contribution in [3.63, 3.8) is 0 Å². The van der Waals surface area contributed by atoms with Crippen molar-refractivity contribution in [3.8, 4) is 22.3 Å². The molecule has 13 heteroatoms. The molecule has 0 fully saturated rings. The van der Waals surface area contributed by atoms with E-state index in [9.17, 15) is 13.6 Å². The van der Waals surface area contributed by atoms with Crippen LogP contribution in [0.25, 0.3) is 32.0 Å². The van der Waals surface area contributed by atoms with Crippen LogP contribution in [0.4, 0.5) is 19.3 Å². The first kappa shape index (κ1) is 24.2. The number of thiazole rings is 1. The maximum atomic E-state index is 14.6. The highest BCUT2D eigenvalue weighted by atomic mass is 32.1. The fraction of sp³-hybridized carbons (Fsp3) is 0.167. The van der Waals surface area contributed by atoms with Gasteiger partial charge in [-0.25, -0.2) is 28.5 Å². The summed E-state index contributed by atoms with van der Waals surface area (Å²) in [5.74, 6) is -1.17. The Morgan fingerprint density at radius 1 is 1.03 bits per heavy atom. The van der Waals surface area contributed by atoms with Gasteiger partial charge in [-0.15, -0.1) is 0 Å². The second kappa shape index (κ2) is 10.2. The molecule has 5 aromatic rings. The Morgan fingerprint density at radius 2 is 1.89 bits per heavy atom. The minimum atomic E-state index is -0.835. The van der Waals surface area contributed by atoms with Gasteiger partial charge in [-0.2, -0.15) is 4.98 Å². The number of rotatable bonds is 7. The summed E-state index contributed by atoms with van der Waals surface area (Å²) < 4.78 is 43.3. The standard InChI is InChI=1S/C24H18F2N6O4S/c1-12-5-15(20-17(6-12)30-19(34-2)11-28-20)22-31-18-8-16(26)21(32-23(18)37-22)35-3-4-36-24(33)29-14-7-13(25)9-27-10-14/h5-11H,3-4H2,1-2H3,(H,29,33). The summed E-state index contributed by atoms with van der Waals surface area (Å²) in [5, 5.41) is 2.92. The smallest absolute Gasteiger partial charge is 0.411 e. The Hall–Kier alpha value is -4.52. The molecule has 4 heterocycles. The largest absolute Gasteiger partial charge is 0.480 e. The quantitative estimate of drug-likeness (QED) is 0.296. The zero-order valence-corrected chi connectivity index (χ0v) is 20.3. The normalized spacial score (nSPS) is 11.0. The number of carbonyl (C=O) groups is 1. The molecule has 0 saturated heterocycles. The van der Waals surface area contributed by atoms with Crippen molar-refractivity contribution in [1.82, 2.24) is 24.9 Å². The molecular weight excluding hydrogens is 506 g/mol. The molecule has 0 aliphatic heterocycles. The molecule has 0 saturated carbocycles. The lowest BCUT2D eigenvalue weighted by atomic mass is 10.1. The second-order valence-electron chi connectivity index (χ2n) is 7.71. The van der Waals surface area contributed by atoms with E-state index in [4.69, 9.17) is 14.2 Å². The van der Waals surface area contributed by atoms with Gasteiger partial charge in [0.25, 0.3) is 5.88 Å². The number of ether oxygens (including phenoxy) is 3. The fourth-order valence-electron chi connectivity index (χ4n) is 3.46. The summed E-state index contributed by atoms with van der Waals surface area (Å²) in [7, 11) is 1.52. The van der Waals surface area contributed by atoms with Crippen molar-refractivity contribution >= 4 is 44.5 Å². The predicted octanol–water partition coefficient (Wildman–Crippen LogP) is 4.92. The third-order valence-electron chi connectivity index (χ3n) is 5.02. The number of anilines is 1. The van der Waals surface area contributed by atoms with Gasteiger partial charge in [0, 0.05) is 17.7 Å². The summed E-state index contributed by atoms with van der Waals surface area (Å²) in [4.78, 5) is 33.6. The maximum Gasteiger partial charge on any atom is 0.411 e. The van der Waals surface area contributed by atoms with Gasteiger partial charge in [0.15, 0.2) is 5.82 Å². The van der Waals surface area contributed by atoms with Crippen LogP contribution in [0.5, 0.6) is 11.8 Å². The Labute approximate surface area is 212 Å². The molecule has 4 aromatic heterocycles. The van der Waals surface area contributed by atoms with E-state index in [0.29, 0.717) is 32.3 Å². The number of nitrogens with zero attached hydrogens (tertiary/aromatic N) is 5. The Bertz CT molecular complexity index is 1630. The first-order valence-corrected chi connectivity index (χ1v) is 11.7. The van der Waals surface area contributed by atoms with Gasteiger partial charge in [-0.3, -0.25) is 10.3 Å². The van der Waals surface area contributed by atoms with Crippen molar-refractivity contribution in [2.45, 2.75) is 6.92 Å². The summed E-state index contributed by atoms with van der Waals surface area (Å²) in [6, 6.07) is 6.14. The molecule has 1 aromatic carbocycles. The number of carbonyl (C=O) groups excluding carboxylic acids is 1. The molecular formula is C24H18F2N6O4S. The molecule has 10 nitrogen and oxygen atoms in total. The van der Waals surface area contributed by atoms with Crippen LogP contribution in [0, 0.1) is 18.6 Å². The van der Waals surface area contributed by atoms with Crippen LogP contribution in [-0.4, -0.2) is 51.3 Å². The van der Waals surface area contributed by atoms with E-state index in [2.05, 4.69) is 30.2 Å². The van der Waals surface area contributed by atoms with Crippen LogP contribution in [0.1, 0.15) is 5.56 Å². The molecule has 0 bridgehead atoms. The van der Waals surface area contributed by atoms with Gasteiger partial charge in [-0.1, -0.05) is 11.3 Å². The predicted molar refractivity (Wildman–Crippen MR) is 132 cm³/mol. The van der Waals surface area contributed by atoms with Crippen molar-refractivity contribution in [2.24, 2.45) is 0 Å². The first-order chi connectivity index (χ1) is 17.9. The molecule has 1 amide bonds. The first-order valence-electron chi connectivity index (χ1n) is 10.9. The van der Waals surface area contributed by atoms with Crippen molar-refractivity contribution in [1.29, 1.82) is 0 Å². The maximum absolute atomic E-state index is 14.6. The number of pyridine rings is 2. The van der Waals surface area contributed by atoms with Gasteiger partial charge < -0.3 is 14.2 Å². The molecule has 0 atom stereocenters. The van der Waals surface area contributed by atoms with Gasteiger partial charge in [0.1, 0.15) is 34.4 Å². The molecule has 0 radical (unpaired) electrons. The Balaban J connectivity index is 1.29. The van der Waals surface area contributed by atoms with Gasteiger partial charge in [0.2, 0.25) is 5.88 Å². The number of hydrogen-bond acceptors (Lipinski definition) is 10. The lowest BCUT2D eigenvalue weighted by molar-refractivity contribution is 0.135. The fourth-order valence-corrected chi connectivity index (χ4v) is 4.39. The summed E-state index contributed by atoms with van der Waals surface area (Å²) in [5.41, 5.74) is 3.47. The van der Waals surface area contributed by atoms with Crippen molar-refractivity contribution in [2.75, 3.05) is 25.6 Å². The van der Waals surface area contributed by atoms with E-state index < -0.39 is 17.7 Å². The SMILES string of the molecule is COc1cnc2c(-c3nc4cc(F)c(OCCOC(=O)Nc5cncc(F)c5)nc4s3)cc(C)cc2n1. The zero-order valence-electron chi connectivity index (χ0n) is 19.5. The van der Waals surface area contributed by atoms with Crippen molar-refractivity contribution < 1.29 is 27.8 Å². The number of nitrogens with one attached hydrogen (secondary N) is 1. The summed E-state index contributed by atoms with van der Waals surface area (Å²) in [6.45, 7) is 1.58. The molecule has 0 aliphatic carbocycles. The lowest BCUT2D eigenvalue weighted by Crippen LogP contribution is -2.18. The number of hydrogen-bond donors (Lipinski definition) is 1. The average molecular weight is 525 g/mol. The van der Waals surface area contributed by atoms with Gasteiger partial charge >= 0.3 is 6.09 Å². The lowest BCUT2D eigenvalue weighted by Gasteiger charge is -2.08. The van der Waals surface area contributed by atoms with E-state index in [1.165, 1.54) is 36.9 Å². The number of amides is 1. The average Bonchev–Trinajstić information content (AvgIpc) is 3.28. The number of benzene rings is 1.